The third-order valence-electron chi connectivity index (χ3n) is 5.28. The van der Waals surface area contributed by atoms with Gasteiger partial charge in [0.1, 0.15) is 5.82 Å². The normalized spacial score (nSPS) is 16.5. The van der Waals surface area contributed by atoms with Crippen molar-refractivity contribution in [2.24, 2.45) is 0 Å². The molecular formula is C22H24Cl3FN2O3. The molecule has 5 nitrogen and oxygen atoms in total. The molecule has 31 heavy (non-hydrogen) atoms. The Morgan fingerprint density at radius 3 is 2.35 bits per heavy atom. The van der Waals surface area contributed by atoms with Crippen LogP contribution in [-0.4, -0.2) is 37.1 Å². The summed E-state index contributed by atoms with van der Waals surface area (Å²) in [6.45, 7) is 5.65. The molecule has 0 saturated carbocycles. The van der Waals surface area contributed by atoms with Crippen LogP contribution in [0.25, 0.3) is 11.3 Å². The predicted molar refractivity (Wildman–Crippen MR) is 126 cm³/mol. The number of nitrogens with zero attached hydrogens (tertiary/aromatic N) is 2. The quantitative estimate of drug-likeness (QED) is 0.487. The lowest BCUT2D eigenvalue weighted by atomic mass is 10.1. The van der Waals surface area contributed by atoms with Gasteiger partial charge in [0, 0.05) is 54.9 Å². The fourth-order valence-corrected chi connectivity index (χ4v) is 3.93. The van der Waals surface area contributed by atoms with E-state index in [9.17, 15) is 9.18 Å². The van der Waals surface area contributed by atoms with Crippen LogP contribution >= 0.6 is 36.4 Å². The van der Waals surface area contributed by atoms with E-state index in [2.05, 4.69) is 16.7 Å². The number of benzene rings is 2. The van der Waals surface area contributed by atoms with Crippen LogP contribution in [-0.2, 0) is 6.42 Å². The zero-order chi connectivity index (χ0) is 20.4. The smallest absolute Gasteiger partial charge is 0.395 e. The van der Waals surface area contributed by atoms with Crippen LogP contribution in [0.1, 0.15) is 12.7 Å². The Hall–Kier alpha value is -1.99. The summed E-state index contributed by atoms with van der Waals surface area (Å²) in [5.74, 6) is -0.203. The zero-order valence-electron chi connectivity index (χ0n) is 16.9. The number of rotatable bonds is 5. The number of hydrogen-bond acceptors (Lipinski definition) is 5. The summed E-state index contributed by atoms with van der Waals surface area (Å²) < 4.78 is 23.6. The standard InChI is InChI=1S/C22H22ClFN2O3.2ClH/c1-15-14-25(12-13-26(15)19-8-4-17(23)5-9-19)11-10-20-21(29-22(27)28-20)16-2-6-18(24)7-3-16;;/h2-9,15H,10-14H2,1H3;2*1H. The van der Waals surface area contributed by atoms with E-state index in [1.807, 2.05) is 24.3 Å². The summed E-state index contributed by atoms with van der Waals surface area (Å²) >= 11 is 5.99. The molecule has 0 bridgehead atoms. The molecule has 0 radical (unpaired) electrons. The maximum absolute atomic E-state index is 13.2. The van der Waals surface area contributed by atoms with Crippen molar-refractivity contribution in [1.82, 2.24) is 4.90 Å². The van der Waals surface area contributed by atoms with E-state index in [0.29, 0.717) is 29.5 Å². The molecule has 168 valence electrons. The van der Waals surface area contributed by atoms with Crippen molar-refractivity contribution in [3.63, 3.8) is 0 Å². The average Bonchev–Trinajstić information content (AvgIpc) is 3.08. The van der Waals surface area contributed by atoms with Gasteiger partial charge in [-0.05, 0) is 55.5 Å². The van der Waals surface area contributed by atoms with Crippen molar-refractivity contribution in [2.75, 3.05) is 31.1 Å². The minimum Gasteiger partial charge on any atom is -0.395 e. The van der Waals surface area contributed by atoms with Gasteiger partial charge in [-0.2, -0.15) is 0 Å². The van der Waals surface area contributed by atoms with Crippen molar-refractivity contribution in [3.8, 4) is 11.3 Å². The Bertz CT molecular complexity index is 1020. The maximum atomic E-state index is 13.2. The van der Waals surface area contributed by atoms with Gasteiger partial charge in [0.05, 0.1) is 0 Å². The van der Waals surface area contributed by atoms with Crippen molar-refractivity contribution in [1.29, 1.82) is 0 Å². The van der Waals surface area contributed by atoms with E-state index < -0.39 is 5.82 Å². The predicted octanol–water partition coefficient (Wildman–Crippen LogP) is 5.29. The van der Waals surface area contributed by atoms with Gasteiger partial charge in [0.2, 0.25) is 0 Å². The molecule has 2 aromatic carbocycles. The minimum atomic E-state index is -0.736. The lowest BCUT2D eigenvalue weighted by Gasteiger charge is -2.41. The summed E-state index contributed by atoms with van der Waals surface area (Å²) in [6, 6.07) is 14.1. The first-order chi connectivity index (χ1) is 14.0. The van der Waals surface area contributed by atoms with Gasteiger partial charge >= 0.3 is 5.82 Å². The van der Waals surface area contributed by atoms with Crippen LogP contribution in [0.15, 0.2) is 62.2 Å². The Kier molecular flexibility index (Phi) is 9.01. The Morgan fingerprint density at radius 2 is 1.71 bits per heavy atom. The largest absolute Gasteiger partial charge is 0.519 e. The van der Waals surface area contributed by atoms with Gasteiger partial charge in [0.15, 0.2) is 11.5 Å². The monoisotopic (exact) mass is 488 g/mol. The highest BCUT2D eigenvalue weighted by Gasteiger charge is 2.25. The lowest BCUT2D eigenvalue weighted by Crippen LogP contribution is -2.52. The summed E-state index contributed by atoms with van der Waals surface area (Å²) in [4.78, 5) is 16.4. The van der Waals surface area contributed by atoms with Gasteiger partial charge in [0.25, 0.3) is 0 Å². The molecule has 0 spiro atoms. The topological polar surface area (TPSA) is 49.8 Å². The number of anilines is 1. The van der Waals surface area contributed by atoms with E-state index in [1.54, 1.807) is 12.1 Å². The number of halogens is 4. The fraction of sp³-hybridized carbons (Fsp3) is 0.318. The third-order valence-corrected chi connectivity index (χ3v) is 5.53. The average molecular weight is 490 g/mol. The highest BCUT2D eigenvalue weighted by molar-refractivity contribution is 6.30. The number of hydrogen-bond donors (Lipinski definition) is 0. The van der Waals surface area contributed by atoms with E-state index in [1.165, 1.54) is 17.8 Å². The van der Waals surface area contributed by atoms with Gasteiger partial charge in [-0.3, -0.25) is 4.90 Å². The van der Waals surface area contributed by atoms with Gasteiger partial charge < -0.3 is 13.7 Å². The molecule has 1 aliphatic heterocycles. The first-order valence-corrected chi connectivity index (χ1v) is 10.0. The summed E-state index contributed by atoms with van der Waals surface area (Å²) in [6.07, 6.45) is 0.548. The second kappa shape index (κ2) is 11.0. The zero-order valence-corrected chi connectivity index (χ0v) is 19.3. The maximum Gasteiger partial charge on any atom is 0.519 e. The SMILES string of the molecule is CC1CN(CCc2oc(=O)oc2-c2ccc(F)cc2)CCN1c1ccc(Cl)cc1.Cl.Cl. The fourth-order valence-electron chi connectivity index (χ4n) is 3.81. The molecule has 1 aliphatic rings. The molecule has 4 rings (SSSR count). The van der Waals surface area contributed by atoms with E-state index in [-0.39, 0.29) is 30.6 Å². The van der Waals surface area contributed by atoms with Crippen molar-refractivity contribution in [3.05, 3.63) is 75.7 Å². The Morgan fingerprint density at radius 1 is 1.03 bits per heavy atom. The highest BCUT2D eigenvalue weighted by atomic mass is 35.5. The summed E-state index contributed by atoms with van der Waals surface area (Å²) in [5, 5.41) is 0.735. The van der Waals surface area contributed by atoms with Crippen molar-refractivity contribution >= 4 is 42.1 Å². The third kappa shape index (κ3) is 6.04. The lowest BCUT2D eigenvalue weighted by molar-refractivity contribution is 0.226. The van der Waals surface area contributed by atoms with E-state index >= 15 is 0 Å². The molecule has 0 aliphatic carbocycles. The van der Waals surface area contributed by atoms with Crippen LogP contribution < -0.4 is 10.7 Å². The highest BCUT2D eigenvalue weighted by Crippen LogP contribution is 2.25. The summed E-state index contributed by atoms with van der Waals surface area (Å²) in [7, 11) is 0. The Labute approximate surface area is 197 Å². The molecule has 3 aromatic rings. The second-order valence-corrected chi connectivity index (χ2v) is 7.72. The van der Waals surface area contributed by atoms with Crippen LogP contribution in [0.4, 0.5) is 10.1 Å². The molecule has 1 atom stereocenters. The first kappa shape index (κ1) is 25.3. The molecule has 1 saturated heterocycles. The van der Waals surface area contributed by atoms with Crippen molar-refractivity contribution in [2.45, 2.75) is 19.4 Å². The minimum absolute atomic E-state index is 0. The molecule has 1 fully saturated rings. The Balaban J connectivity index is 0.00000171. The van der Waals surface area contributed by atoms with Gasteiger partial charge in [-0.1, -0.05) is 11.6 Å². The molecule has 2 heterocycles. The van der Waals surface area contributed by atoms with Gasteiger partial charge in [-0.25, -0.2) is 9.18 Å². The van der Waals surface area contributed by atoms with E-state index in [0.717, 1.165) is 31.2 Å². The first-order valence-electron chi connectivity index (χ1n) is 9.63. The van der Waals surface area contributed by atoms with Crippen LogP contribution in [0.3, 0.4) is 0 Å². The molecule has 1 unspecified atom stereocenters. The second-order valence-electron chi connectivity index (χ2n) is 7.28. The van der Waals surface area contributed by atoms with Crippen molar-refractivity contribution < 1.29 is 13.2 Å². The molecule has 0 N–H and O–H groups in total. The van der Waals surface area contributed by atoms with E-state index in [4.69, 9.17) is 20.4 Å². The number of piperazine rings is 1. The van der Waals surface area contributed by atoms with Crippen LogP contribution in [0, 0.1) is 5.82 Å². The van der Waals surface area contributed by atoms with Gasteiger partial charge in [-0.15, -0.1) is 24.8 Å². The van der Waals surface area contributed by atoms with Crippen LogP contribution in [0.5, 0.6) is 0 Å². The summed E-state index contributed by atoms with van der Waals surface area (Å²) in [5.41, 5.74) is 1.80. The molecular weight excluding hydrogens is 466 g/mol. The molecule has 1 aromatic heterocycles. The molecule has 9 heteroatoms. The molecule has 0 amide bonds. The van der Waals surface area contributed by atoms with Crippen LogP contribution in [0.2, 0.25) is 5.02 Å².